The molecule has 0 fully saturated rings. The van der Waals surface area contributed by atoms with E-state index in [1.165, 1.54) is 128 Å². The third-order valence-corrected chi connectivity index (χ3v) is 5.63. The molecular formula is C24H50. The molecule has 0 saturated heterocycles. The van der Waals surface area contributed by atoms with E-state index in [-0.39, 0.29) is 0 Å². The van der Waals surface area contributed by atoms with Crippen molar-refractivity contribution in [2.75, 3.05) is 0 Å². The highest BCUT2D eigenvalue weighted by molar-refractivity contribution is 4.60. The SMILES string of the molecule is CCCCCCCCCCC(CCC)CCCCCCCCCC. The fraction of sp³-hybridized carbons (Fsp3) is 1.00. The van der Waals surface area contributed by atoms with E-state index in [0.717, 1.165) is 5.92 Å². The molecule has 0 heterocycles. The molecule has 0 rings (SSSR count). The van der Waals surface area contributed by atoms with E-state index in [9.17, 15) is 0 Å². The lowest BCUT2D eigenvalue weighted by Gasteiger charge is -2.16. The summed E-state index contributed by atoms with van der Waals surface area (Å²) in [6.45, 7) is 6.98. The Labute approximate surface area is 155 Å². The molecule has 0 N–H and O–H groups in total. The van der Waals surface area contributed by atoms with Crippen LogP contribution < -0.4 is 0 Å². The second-order valence-electron chi connectivity index (χ2n) is 8.18. The van der Waals surface area contributed by atoms with Gasteiger partial charge in [0.1, 0.15) is 0 Å². The van der Waals surface area contributed by atoms with E-state index in [0.29, 0.717) is 0 Å². The van der Waals surface area contributed by atoms with E-state index in [2.05, 4.69) is 20.8 Å². The summed E-state index contributed by atoms with van der Waals surface area (Å²) in [6.07, 6.45) is 29.3. The average molecular weight is 339 g/mol. The van der Waals surface area contributed by atoms with Gasteiger partial charge in [-0.15, -0.1) is 0 Å². The van der Waals surface area contributed by atoms with E-state index in [4.69, 9.17) is 0 Å². The van der Waals surface area contributed by atoms with Gasteiger partial charge in [0.25, 0.3) is 0 Å². The van der Waals surface area contributed by atoms with Crippen LogP contribution in [0.25, 0.3) is 0 Å². The smallest absolute Gasteiger partial charge is 0.0414 e. The van der Waals surface area contributed by atoms with Gasteiger partial charge in [0.15, 0.2) is 0 Å². The van der Waals surface area contributed by atoms with Crippen LogP contribution in [0.5, 0.6) is 0 Å². The molecule has 0 unspecified atom stereocenters. The van der Waals surface area contributed by atoms with Crippen molar-refractivity contribution in [3.05, 3.63) is 0 Å². The predicted molar refractivity (Wildman–Crippen MR) is 113 cm³/mol. The molecule has 0 aliphatic carbocycles. The maximum atomic E-state index is 2.37. The van der Waals surface area contributed by atoms with Crippen LogP contribution in [0, 0.1) is 5.92 Å². The minimum Gasteiger partial charge on any atom is -0.0654 e. The Balaban J connectivity index is 3.43. The summed E-state index contributed by atoms with van der Waals surface area (Å²) in [5, 5.41) is 0. The molecule has 0 aliphatic heterocycles. The van der Waals surface area contributed by atoms with Gasteiger partial charge < -0.3 is 0 Å². The van der Waals surface area contributed by atoms with Gasteiger partial charge in [-0.3, -0.25) is 0 Å². The molecule has 0 atom stereocenters. The molecule has 0 spiro atoms. The highest BCUT2D eigenvalue weighted by Gasteiger charge is 2.07. The predicted octanol–water partition coefficient (Wildman–Crippen LogP) is 9.46. The Bertz CT molecular complexity index is 188. The number of rotatable bonds is 20. The Hall–Kier alpha value is 0. The number of unbranched alkanes of at least 4 members (excludes halogenated alkanes) is 14. The highest BCUT2D eigenvalue weighted by atomic mass is 14.1. The van der Waals surface area contributed by atoms with Gasteiger partial charge in [-0.05, 0) is 5.92 Å². The monoisotopic (exact) mass is 338 g/mol. The van der Waals surface area contributed by atoms with E-state index in [1.54, 1.807) is 0 Å². The summed E-state index contributed by atoms with van der Waals surface area (Å²) in [5.74, 6) is 1.04. The number of hydrogen-bond donors (Lipinski definition) is 0. The first-order valence-corrected chi connectivity index (χ1v) is 11.8. The van der Waals surface area contributed by atoms with E-state index < -0.39 is 0 Å². The summed E-state index contributed by atoms with van der Waals surface area (Å²) in [7, 11) is 0. The molecule has 0 nitrogen and oxygen atoms in total. The molecule has 0 aromatic rings. The summed E-state index contributed by atoms with van der Waals surface area (Å²) in [5.41, 5.74) is 0. The molecular weight excluding hydrogens is 288 g/mol. The van der Waals surface area contributed by atoms with Gasteiger partial charge >= 0.3 is 0 Å². The van der Waals surface area contributed by atoms with Gasteiger partial charge in [0.2, 0.25) is 0 Å². The summed E-state index contributed by atoms with van der Waals surface area (Å²) >= 11 is 0. The Morgan fingerprint density at radius 3 is 1.00 bits per heavy atom. The lowest BCUT2D eigenvalue weighted by Crippen LogP contribution is -2.00. The number of hydrogen-bond acceptors (Lipinski definition) is 0. The van der Waals surface area contributed by atoms with E-state index in [1.807, 2.05) is 0 Å². The second-order valence-corrected chi connectivity index (χ2v) is 8.18. The van der Waals surface area contributed by atoms with Crippen LogP contribution in [0.1, 0.15) is 149 Å². The first-order chi connectivity index (χ1) is 11.8. The third-order valence-electron chi connectivity index (χ3n) is 5.63. The van der Waals surface area contributed by atoms with Gasteiger partial charge in [-0.25, -0.2) is 0 Å². The van der Waals surface area contributed by atoms with Crippen LogP contribution in [-0.2, 0) is 0 Å². The van der Waals surface area contributed by atoms with Gasteiger partial charge in [-0.2, -0.15) is 0 Å². The van der Waals surface area contributed by atoms with Gasteiger partial charge in [-0.1, -0.05) is 149 Å². The first-order valence-electron chi connectivity index (χ1n) is 11.8. The fourth-order valence-electron chi connectivity index (χ4n) is 3.98. The van der Waals surface area contributed by atoms with Crippen molar-refractivity contribution in [2.45, 2.75) is 149 Å². The van der Waals surface area contributed by atoms with Gasteiger partial charge in [0, 0.05) is 0 Å². The second kappa shape index (κ2) is 21.0. The van der Waals surface area contributed by atoms with Crippen LogP contribution in [0.4, 0.5) is 0 Å². The quantitative estimate of drug-likeness (QED) is 0.194. The molecule has 146 valence electrons. The van der Waals surface area contributed by atoms with Crippen molar-refractivity contribution in [1.82, 2.24) is 0 Å². The van der Waals surface area contributed by atoms with Crippen LogP contribution in [0.15, 0.2) is 0 Å². The lowest BCUT2D eigenvalue weighted by molar-refractivity contribution is 0.377. The molecule has 0 aromatic carbocycles. The Kier molecular flexibility index (Phi) is 21.0. The normalized spacial score (nSPS) is 11.5. The third kappa shape index (κ3) is 18.3. The maximum absolute atomic E-state index is 2.37. The summed E-state index contributed by atoms with van der Waals surface area (Å²) in [6, 6.07) is 0. The lowest BCUT2D eigenvalue weighted by atomic mass is 9.90. The molecule has 0 radical (unpaired) electrons. The van der Waals surface area contributed by atoms with Crippen LogP contribution >= 0.6 is 0 Å². The Morgan fingerprint density at radius 1 is 0.333 bits per heavy atom. The Morgan fingerprint density at radius 2 is 0.667 bits per heavy atom. The summed E-state index contributed by atoms with van der Waals surface area (Å²) in [4.78, 5) is 0. The van der Waals surface area contributed by atoms with Crippen molar-refractivity contribution in [2.24, 2.45) is 5.92 Å². The van der Waals surface area contributed by atoms with Crippen molar-refractivity contribution in [1.29, 1.82) is 0 Å². The molecule has 0 amide bonds. The molecule has 0 aliphatic rings. The van der Waals surface area contributed by atoms with Crippen molar-refractivity contribution < 1.29 is 0 Å². The fourth-order valence-corrected chi connectivity index (χ4v) is 3.98. The minimum atomic E-state index is 1.04. The van der Waals surface area contributed by atoms with Gasteiger partial charge in [0.05, 0.1) is 0 Å². The zero-order valence-corrected chi connectivity index (χ0v) is 17.7. The van der Waals surface area contributed by atoms with E-state index >= 15 is 0 Å². The van der Waals surface area contributed by atoms with Crippen LogP contribution in [0.2, 0.25) is 0 Å². The van der Waals surface area contributed by atoms with Crippen molar-refractivity contribution in [3.63, 3.8) is 0 Å². The average Bonchev–Trinajstić information content (AvgIpc) is 2.59. The molecule has 24 heavy (non-hydrogen) atoms. The standard InChI is InChI=1S/C24H50/c1-4-7-9-11-13-15-17-19-22-24(21-6-3)23-20-18-16-14-12-10-8-5-2/h24H,4-23H2,1-3H3. The zero-order chi connectivity index (χ0) is 17.7. The highest BCUT2D eigenvalue weighted by Crippen LogP contribution is 2.23. The topological polar surface area (TPSA) is 0 Å². The molecule has 0 aromatic heterocycles. The molecule has 0 saturated carbocycles. The first kappa shape index (κ1) is 24.0. The summed E-state index contributed by atoms with van der Waals surface area (Å²) < 4.78 is 0. The van der Waals surface area contributed by atoms with Crippen molar-refractivity contribution >= 4 is 0 Å². The largest absolute Gasteiger partial charge is 0.0654 e. The molecule has 0 bridgehead atoms. The molecule has 0 heteroatoms. The maximum Gasteiger partial charge on any atom is -0.0414 e. The van der Waals surface area contributed by atoms with Crippen molar-refractivity contribution in [3.8, 4) is 0 Å². The van der Waals surface area contributed by atoms with Crippen LogP contribution in [-0.4, -0.2) is 0 Å². The van der Waals surface area contributed by atoms with Crippen LogP contribution in [0.3, 0.4) is 0 Å². The zero-order valence-electron chi connectivity index (χ0n) is 17.7. The minimum absolute atomic E-state index is 1.04.